The van der Waals surface area contributed by atoms with Crippen LogP contribution >= 0.6 is 0 Å². The van der Waals surface area contributed by atoms with Crippen molar-refractivity contribution in [3.63, 3.8) is 0 Å². The van der Waals surface area contributed by atoms with Crippen LogP contribution in [0.3, 0.4) is 0 Å². The molecule has 6 nitrogen and oxygen atoms in total. The summed E-state index contributed by atoms with van der Waals surface area (Å²) in [6.07, 6.45) is 1.41. The normalized spacial score (nSPS) is 22.6. The van der Waals surface area contributed by atoms with Gasteiger partial charge in [0.15, 0.2) is 0 Å². The van der Waals surface area contributed by atoms with Gasteiger partial charge in [-0.05, 0) is 62.8 Å². The van der Waals surface area contributed by atoms with Gasteiger partial charge in [0, 0.05) is 6.42 Å². The maximum Gasteiger partial charge on any atom is 0.408 e. The van der Waals surface area contributed by atoms with Crippen LogP contribution in [0.1, 0.15) is 67.8 Å². The van der Waals surface area contributed by atoms with Crippen molar-refractivity contribution in [1.29, 1.82) is 0 Å². The lowest BCUT2D eigenvalue weighted by molar-refractivity contribution is -0.125. The predicted octanol–water partition coefficient (Wildman–Crippen LogP) is 2.64. The Bertz CT molecular complexity index is 749. The van der Waals surface area contributed by atoms with Crippen molar-refractivity contribution >= 4 is 17.9 Å². The Balaban J connectivity index is 1.80. The van der Waals surface area contributed by atoms with E-state index in [0.717, 1.165) is 35.1 Å². The number of hydrogen-bond donors (Lipinski definition) is 2. The minimum atomic E-state index is -0.534. The van der Waals surface area contributed by atoms with Crippen LogP contribution < -0.4 is 10.6 Å². The highest BCUT2D eigenvalue weighted by Crippen LogP contribution is 2.38. The topological polar surface area (TPSA) is 84.5 Å². The Morgan fingerprint density at radius 1 is 1.24 bits per heavy atom. The van der Waals surface area contributed by atoms with Crippen LogP contribution in [0.25, 0.3) is 0 Å². The lowest BCUT2D eigenvalue weighted by Gasteiger charge is -2.22. The molecule has 3 rings (SSSR count). The van der Waals surface area contributed by atoms with E-state index in [1.807, 2.05) is 39.8 Å². The first kappa shape index (κ1) is 17.5. The van der Waals surface area contributed by atoms with Crippen molar-refractivity contribution in [1.82, 2.24) is 10.6 Å². The number of hydrogen-bond acceptors (Lipinski definition) is 4. The summed E-state index contributed by atoms with van der Waals surface area (Å²) in [6.45, 7) is 7.48. The van der Waals surface area contributed by atoms with Gasteiger partial charge in [-0.25, -0.2) is 4.79 Å². The number of ether oxygens (including phenoxy) is 1. The van der Waals surface area contributed by atoms with E-state index in [9.17, 15) is 14.4 Å². The van der Waals surface area contributed by atoms with Crippen LogP contribution in [0.2, 0.25) is 0 Å². The maximum absolute atomic E-state index is 12.0. The van der Waals surface area contributed by atoms with Gasteiger partial charge >= 0.3 is 6.09 Å². The molecular weight excluding hydrogens is 320 g/mol. The largest absolute Gasteiger partial charge is 0.444 e. The predicted molar refractivity (Wildman–Crippen MR) is 92.1 cm³/mol. The molecule has 6 heteroatoms. The number of nitrogens with one attached hydrogen (secondary N) is 2. The molecule has 3 amide bonds. The van der Waals surface area contributed by atoms with E-state index in [1.165, 1.54) is 0 Å². The van der Waals surface area contributed by atoms with E-state index in [-0.39, 0.29) is 24.3 Å². The number of benzene rings is 1. The summed E-state index contributed by atoms with van der Waals surface area (Å²) in [6, 6.07) is 3.78. The summed E-state index contributed by atoms with van der Waals surface area (Å²) in [4.78, 5) is 35.5. The summed E-state index contributed by atoms with van der Waals surface area (Å²) in [5.41, 5.74) is 3.64. The number of carbonyl (C=O) groups is 3. The molecule has 1 fully saturated rings. The third-order valence-corrected chi connectivity index (χ3v) is 4.77. The highest BCUT2D eigenvalue weighted by molar-refractivity contribution is 6.06. The third kappa shape index (κ3) is 3.52. The average Bonchev–Trinajstić information content (AvgIpc) is 3.01. The summed E-state index contributed by atoms with van der Waals surface area (Å²) in [5.74, 6) is -0.857. The van der Waals surface area contributed by atoms with Gasteiger partial charge in [0.05, 0.1) is 12.0 Å². The van der Waals surface area contributed by atoms with Crippen molar-refractivity contribution in [2.75, 3.05) is 0 Å². The zero-order valence-corrected chi connectivity index (χ0v) is 15.1. The fourth-order valence-corrected chi connectivity index (χ4v) is 3.68. The number of amides is 3. The van der Waals surface area contributed by atoms with E-state index < -0.39 is 17.6 Å². The monoisotopic (exact) mass is 344 g/mol. The molecule has 25 heavy (non-hydrogen) atoms. The SMILES string of the molecule is Cc1c(C2CC(=O)NC2=O)ccc2c1CC[C@@H]2NC(=O)OC(C)(C)C. The van der Waals surface area contributed by atoms with Gasteiger partial charge in [-0.1, -0.05) is 12.1 Å². The summed E-state index contributed by atoms with van der Waals surface area (Å²) >= 11 is 0. The number of alkyl carbamates (subject to hydrolysis) is 1. The molecule has 1 aromatic carbocycles. The molecular formula is C19H24N2O4. The second-order valence-corrected chi connectivity index (χ2v) is 7.75. The molecule has 1 aromatic rings. The average molecular weight is 344 g/mol. The van der Waals surface area contributed by atoms with Crippen LogP contribution in [0, 0.1) is 6.92 Å². The lowest BCUT2D eigenvalue weighted by Crippen LogP contribution is -2.34. The first-order chi connectivity index (χ1) is 11.7. The number of fused-ring (bicyclic) bond motifs is 1. The molecule has 0 radical (unpaired) electrons. The smallest absolute Gasteiger partial charge is 0.408 e. The highest BCUT2D eigenvalue weighted by atomic mass is 16.6. The number of imide groups is 1. The van der Waals surface area contributed by atoms with Crippen LogP contribution in [-0.2, 0) is 20.7 Å². The summed E-state index contributed by atoms with van der Waals surface area (Å²) in [5, 5.41) is 5.29. The van der Waals surface area contributed by atoms with E-state index in [0.29, 0.717) is 0 Å². The molecule has 0 saturated carbocycles. The van der Waals surface area contributed by atoms with E-state index >= 15 is 0 Å². The van der Waals surface area contributed by atoms with E-state index in [4.69, 9.17) is 4.74 Å². The fourth-order valence-electron chi connectivity index (χ4n) is 3.68. The Hall–Kier alpha value is -2.37. The molecule has 2 atom stereocenters. The maximum atomic E-state index is 12.0. The minimum absolute atomic E-state index is 0.0864. The van der Waals surface area contributed by atoms with Crippen molar-refractivity contribution in [2.45, 2.75) is 64.5 Å². The molecule has 1 aliphatic heterocycles. The molecule has 1 unspecified atom stereocenters. The van der Waals surface area contributed by atoms with Crippen molar-refractivity contribution in [3.05, 3.63) is 34.4 Å². The van der Waals surface area contributed by atoms with Crippen LogP contribution in [0.15, 0.2) is 12.1 Å². The quantitative estimate of drug-likeness (QED) is 0.808. The molecule has 0 spiro atoms. The van der Waals surface area contributed by atoms with Crippen molar-refractivity contribution < 1.29 is 19.1 Å². The second-order valence-electron chi connectivity index (χ2n) is 7.75. The molecule has 134 valence electrons. The molecule has 2 N–H and O–H groups in total. The first-order valence-electron chi connectivity index (χ1n) is 8.61. The van der Waals surface area contributed by atoms with Crippen LogP contribution in [0.5, 0.6) is 0 Å². The van der Waals surface area contributed by atoms with Gasteiger partial charge in [-0.15, -0.1) is 0 Å². The molecule has 1 saturated heterocycles. The first-order valence-corrected chi connectivity index (χ1v) is 8.61. The van der Waals surface area contributed by atoms with Gasteiger partial charge < -0.3 is 10.1 Å². The van der Waals surface area contributed by atoms with E-state index in [2.05, 4.69) is 10.6 Å². The molecule has 1 heterocycles. The van der Waals surface area contributed by atoms with Gasteiger partial charge in [0.2, 0.25) is 11.8 Å². The van der Waals surface area contributed by atoms with Gasteiger partial charge in [-0.3, -0.25) is 14.9 Å². The Morgan fingerprint density at radius 2 is 1.92 bits per heavy atom. The molecule has 1 aliphatic carbocycles. The Kier molecular flexibility index (Phi) is 4.31. The van der Waals surface area contributed by atoms with E-state index in [1.54, 1.807) is 0 Å². The zero-order valence-electron chi connectivity index (χ0n) is 15.1. The minimum Gasteiger partial charge on any atom is -0.444 e. The molecule has 2 aliphatic rings. The third-order valence-electron chi connectivity index (χ3n) is 4.77. The van der Waals surface area contributed by atoms with Crippen LogP contribution in [-0.4, -0.2) is 23.5 Å². The van der Waals surface area contributed by atoms with Crippen molar-refractivity contribution in [2.24, 2.45) is 0 Å². The highest BCUT2D eigenvalue weighted by Gasteiger charge is 2.35. The number of carbonyl (C=O) groups excluding carboxylic acids is 3. The molecule has 0 aromatic heterocycles. The summed E-state index contributed by atoms with van der Waals surface area (Å²) < 4.78 is 5.34. The zero-order chi connectivity index (χ0) is 18.4. The fraction of sp³-hybridized carbons (Fsp3) is 0.526. The van der Waals surface area contributed by atoms with Gasteiger partial charge in [-0.2, -0.15) is 0 Å². The Labute approximate surface area is 147 Å². The standard InChI is InChI=1S/C19H24N2O4/c1-10-11-7-8-15(20-18(24)25-19(2,3)4)13(11)6-5-12(10)14-9-16(22)21-17(14)23/h5-6,14-15H,7-9H2,1-4H3,(H,20,24)(H,21,22,23)/t14?,15-/m0/s1. The summed E-state index contributed by atoms with van der Waals surface area (Å²) in [7, 11) is 0. The van der Waals surface area contributed by atoms with Crippen LogP contribution in [0.4, 0.5) is 4.79 Å². The Morgan fingerprint density at radius 3 is 2.52 bits per heavy atom. The lowest BCUT2D eigenvalue weighted by atomic mass is 9.89. The molecule has 0 bridgehead atoms. The van der Waals surface area contributed by atoms with Gasteiger partial charge in [0.1, 0.15) is 5.60 Å². The number of rotatable bonds is 2. The van der Waals surface area contributed by atoms with Crippen molar-refractivity contribution in [3.8, 4) is 0 Å². The second kappa shape index (κ2) is 6.17. The van der Waals surface area contributed by atoms with Gasteiger partial charge in [0.25, 0.3) is 0 Å².